The standard InChI is InChI=1S/C9H9BrN/c10-8-5-7-3-1-2-4-9(7)11-6-8/h1-4,8H,5-6H2. The smallest absolute Gasteiger partial charge is 0.0607 e. The maximum absolute atomic E-state index is 4.43. The van der Waals surface area contributed by atoms with Crippen molar-refractivity contribution in [2.24, 2.45) is 0 Å². The number of alkyl halides is 1. The zero-order valence-corrected chi connectivity index (χ0v) is 7.71. The molecule has 0 aliphatic carbocycles. The summed E-state index contributed by atoms with van der Waals surface area (Å²) < 4.78 is 0. The number of halogens is 1. The minimum Gasteiger partial charge on any atom is -0.284 e. The summed E-state index contributed by atoms with van der Waals surface area (Å²) in [4.78, 5) is 0.539. The lowest BCUT2D eigenvalue weighted by Crippen LogP contribution is -2.21. The van der Waals surface area contributed by atoms with Crippen LogP contribution in [0, 0.1) is 0 Å². The number of fused-ring (bicyclic) bond motifs is 1. The Morgan fingerprint density at radius 3 is 3.09 bits per heavy atom. The predicted molar refractivity (Wildman–Crippen MR) is 49.5 cm³/mol. The molecule has 2 heteroatoms. The number of hydrogen-bond acceptors (Lipinski definition) is 0. The van der Waals surface area contributed by atoms with E-state index in [2.05, 4.69) is 39.4 Å². The third kappa shape index (κ3) is 1.41. The lowest BCUT2D eigenvalue weighted by atomic mass is 10.0. The quantitative estimate of drug-likeness (QED) is 0.584. The maximum atomic E-state index is 4.43. The Balaban J connectivity index is 2.34. The zero-order chi connectivity index (χ0) is 7.68. The number of hydrogen-bond donors (Lipinski definition) is 0. The summed E-state index contributed by atoms with van der Waals surface area (Å²) in [5.41, 5.74) is 2.53. The first-order valence-corrected chi connectivity index (χ1v) is 4.67. The molecule has 1 unspecified atom stereocenters. The fourth-order valence-electron chi connectivity index (χ4n) is 1.34. The van der Waals surface area contributed by atoms with E-state index in [-0.39, 0.29) is 0 Å². The van der Waals surface area contributed by atoms with Gasteiger partial charge in [-0.15, -0.1) is 0 Å². The highest BCUT2D eigenvalue weighted by molar-refractivity contribution is 9.09. The second-order valence-electron chi connectivity index (χ2n) is 2.77. The molecular weight excluding hydrogens is 202 g/mol. The molecule has 11 heavy (non-hydrogen) atoms. The molecule has 0 saturated carbocycles. The molecule has 1 aromatic rings. The molecule has 1 atom stereocenters. The van der Waals surface area contributed by atoms with Crippen molar-refractivity contribution >= 4 is 21.6 Å². The largest absolute Gasteiger partial charge is 0.284 e. The highest BCUT2D eigenvalue weighted by Crippen LogP contribution is 2.24. The lowest BCUT2D eigenvalue weighted by Gasteiger charge is -2.19. The fourth-order valence-corrected chi connectivity index (χ4v) is 1.83. The highest BCUT2D eigenvalue weighted by atomic mass is 79.9. The van der Waals surface area contributed by atoms with Gasteiger partial charge in [-0.3, -0.25) is 5.32 Å². The first kappa shape index (κ1) is 7.17. The van der Waals surface area contributed by atoms with Crippen LogP contribution < -0.4 is 5.32 Å². The summed E-state index contributed by atoms with van der Waals surface area (Å²) in [7, 11) is 0. The van der Waals surface area contributed by atoms with E-state index in [0.29, 0.717) is 4.83 Å². The van der Waals surface area contributed by atoms with Crippen LogP contribution in [0.25, 0.3) is 0 Å². The molecule has 1 heterocycles. The van der Waals surface area contributed by atoms with E-state index in [1.165, 1.54) is 11.3 Å². The SMILES string of the molecule is BrC1C[N]c2ccccc2C1. The molecule has 2 rings (SSSR count). The van der Waals surface area contributed by atoms with Crippen LogP contribution in [0.1, 0.15) is 5.56 Å². The van der Waals surface area contributed by atoms with Crippen LogP contribution in [0.15, 0.2) is 24.3 Å². The van der Waals surface area contributed by atoms with Crippen molar-refractivity contribution < 1.29 is 0 Å². The summed E-state index contributed by atoms with van der Waals surface area (Å²) in [6.45, 7) is 0.914. The summed E-state index contributed by atoms with van der Waals surface area (Å²) in [6, 6.07) is 8.33. The Kier molecular flexibility index (Phi) is 1.86. The number of nitrogens with zero attached hydrogens (tertiary/aromatic N) is 1. The van der Waals surface area contributed by atoms with Crippen molar-refractivity contribution in [3.05, 3.63) is 29.8 Å². The van der Waals surface area contributed by atoms with Crippen LogP contribution in [0.3, 0.4) is 0 Å². The first-order valence-electron chi connectivity index (χ1n) is 3.76. The average molecular weight is 211 g/mol. The van der Waals surface area contributed by atoms with Crippen molar-refractivity contribution in [1.82, 2.24) is 5.32 Å². The Labute approximate surface area is 74.9 Å². The third-order valence-corrected chi connectivity index (χ3v) is 2.51. The monoisotopic (exact) mass is 210 g/mol. The predicted octanol–water partition coefficient (Wildman–Crippen LogP) is 2.24. The van der Waals surface area contributed by atoms with E-state index in [9.17, 15) is 0 Å². The number of benzene rings is 1. The van der Waals surface area contributed by atoms with Gasteiger partial charge in [0, 0.05) is 4.83 Å². The molecule has 0 aromatic heterocycles. The molecule has 1 radical (unpaired) electrons. The summed E-state index contributed by atoms with van der Waals surface area (Å²) in [6.07, 6.45) is 1.11. The van der Waals surface area contributed by atoms with Gasteiger partial charge in [-0.05, 0) is 18.1 Å². The van der Waals surface area contributed by atoms with E-state index < -0.39 is 0 Å². The van der Waals surface area contributed by atoms with E-state index in [0.717, 1.165) is 13.0 Å². The topological polar surface area (TPSA) is 14.1 Å². The Bertz CT molecular complexity index is 259. The first-order chi connectivity index (χ1) is 5.36. The highest BCUT2D eigenvalue weighted by Gasteiger charge is 2.15. The molecule has 0 spiro atoms. The molecule has 57 valence electrons. The van der Waals surface area contributed by atoms with E-state index in [1.807, 2.05) is 6.07 Å². The zero-order valence-electron chi connectivity index (χ0n) is 6.13. The Hall–Kier alpha value is -0.500. The van der Waals surface area contributed by atoms with E-state index in [1.54, 1.807) is 0 Å². The van der Waals surface area contributed by atoms with Gasteiger partial charge in [0.05, 0.1) is 12.2 Å². The second kappa shape index (κ2) is 2.86. The van der Waals surface area contributed by atoms with E-state index in [4.69, 9.17) is 0 Å². The summed E-state index contributed by atoms with van der Waals surface area (Å²) in [5.74, 6) is 0. The van der Waals surface area contributed by atoms with Crippen LogP contribution in [-0.2, 0) is 6.42 Å². The van der Waals surface area contributed by atoms with Crippen LogP contribution in [0.4, 0.5) is 5.69 Å². The fraction of sp³-hybridized carbons (Fsp3) is 0.333. The minimum atomic E-state index is 0.539. The molecule has 1 aromatic carbocycles. The number of para-hydroxylation sites is 1. The van der Waals surface area contributed by atoms with Crippen molar-refractivity contribution in [3.63, 3.8) is 0 Å². The Morgan fingerprint density at radius 1 is 1.36 bits per heavy atom. The Morgan fingerprint density at radius 2 is 2.18 bits per heavy atom. The normalized spacial score (nSPS) is 22.1. The van der Waals surface area contributed by atoms with Gasteiger partial charge in [0.15, 0.2) is 0 Å². The summed E-state index contributed by atoms with van der Waals surface area (Å²) >= 11 is 3.56. The van der Waals surface area contributed by atoms with E-state index >= 15 is 0 Å². The van der Waals surface area contributed by atoms with Gasteiger partial charge in [-0.2, -0.15) is 0 Å². The van der Waals surface area contributed by atoms with Gasteiger partial charge >= 0.3 is 0 Å². The molecule has 0 N–H and O–H groups in total. The van der Waals surface area contributed by atoms with Gasteiger partial charge < -0.3 is 0 Å². The van der Waals surface area contributed by atoms with Gasteiger partial charge in [0.2, 0.25) is 0 Å². The lowest BCUT2D eigenvalue weighted by molar-refractivity contribution is 0.729. The van der Waals surface area contributed by atoms with Gasteiger partial charge in [-0.25, -0.2) is 0 Å². The van der Waals surface area contributed by atoms with Gasteiger partial charge in [0.1, 0.15) is 0 Å². The molecule has 1 nitrogen and oxygen atoms in total. The molecule has 1 aliphatic heterocycles. The van der Waals surface area contributed by atoms with Crippen molar-refractivity contribution in [3.8, 4) is 0 Å². The summed E-state index contributed by atoms with van der Waals surface area (Å²) in [5, 5.41) is 4.43. The molecule has 1 aliphatic rings. The van der Waals surface area contributed by atoms with Crippen LogP contribution in [0.2, 0.25) is 0 Å². The van der Waals surface area contributed by atoms with Crippen molar-refractivity contribution in [1.29, 1.82) is 0 Å². The second-order valence-corrected chi connectivity index (χ2v) is 4.07. The van der Waals surface area contributed by atoms with Crippen LogP contribution in [0.5, 0.6) is 0 Å². The van der Waals surface area contributed by atoms with Gasteiger partial charge in [-0.1, -0.05) is 34.1 Å². The average Bonchev–Trinajstić information content (AvgIpc) is 2.04. The van der Waals surface area contributed by atoms with Crippen molar-refractivity contribution in [2.45, 2.75) is 11.2 Å². The number of rotatable bonds is 0. The molecule has 0 saturated heterocycles. The molecule has 0 amide bonds. The molecule has 0 fully saturated rings. The molecular formula is C9H9BrN. The third-order valence-electron chi connectivity index (χ3n) is 1.89. The minimum absolute atomic E-state index is 0.539. The van der Waals surface area contributed by atoms with Crippen LogP contribution in [-0.4, -0.2) is 11.4 Å². The van der Waals surface area contributed by atoms with Gasteiger partial charge in [0.25, 0.3) is 0 Å². The van der Waals surface area contributed by atoms with Crippen molar-refractivity contribution in [2.75, 3.05) is 6.54 Å². The van der Waals surface area contributed by atoms with Crippen LogP contribution >= 0.6 is 15.9 Å². The maximum Gasteiger partial charge on any atom is 0.0607 e. The molecule has 0 bridgehead atoms.